The molecule has 0 aliphatic rings. The van der Waals surface area contributed by atoms with E-state index in [2.05, 4.69) is 5.10 Å². The van der Waals surface area contributed by atoms with Gasteiger partial charge in [0, 0.05) is 4.92 Å². The Hall–Kier alpha value is -1.99. The summed E-state index contributed by atoms with van der Waals surface area (Å²) in [5.74, 6) is -0.113. The maximum absolute atomic E-state index is 9.94. The molecule has 72 valence electrons. The van der Waals surface area contributed by atoms with Gasteiger partial charge >= 0.3 is 5.82 Å². The molecule has 0 spiro atoms. The number of nitro groups is 2. The van der Waals surface area contributed by atoms with Crippen LogP contribution in [0.4, 0.5) is 5.82 Å². The molecular formula is C5H8N4O4. The van der Waals surface area contributed by atoms with Crippen molar-refractivity contribution in [2.45, 2.75) is 0 Å². The van der Waals surface area contributed by atoms with Gasteiger partial charge in [-0.2, -0.15) is 4.68 Å². The summed E-state index contributed by atoms with van der Waals surface area (Å²) in [5, 5.41) is 22.3. The lowest BCUT2D eigenvalue weighted by molar-refractivity contribution is -0.445. The van der Waals surface area contributed by atoms with Gasteiger partial charge in [-0.05, 0) is 4.92 Å². The van der Waals surface area contributed by atoms with E-state index in [1.54, 1.807) is 7.05 Å². The number of aryl methyl sites for hydroxylation is 1. The van der Waals surface area contributed by atoms with Gasteiger partial charge in [0.1, 0.15) is 0 Å². The molecule has 0 atom stereocenters. The number of hydrogen-bond donors (Lipinski definition) is 0. The van der Waals surface area contributed by atoms with Crippen molar-refractivity contribution in [3.8, 4) is 0 Å². The minimum Gasteiger partial charge on any atom is -0.358 e. The van der Waals surface area contributed by atoms with Crippen LogP contribution in [0.25, 0.3) is 0 Å². The molecule has 0 aromatic carbocycles. The predicted octanol–water partition coefficient (Wildman–Crippen LogP) is 0.221. The molecule has 1 aromatic heterocycles. The molecule has 0 bridgehead atoms. The molecule has 0 saturated heterocycles. The molecule has 0 radical (unpaired) electrons. The van der Waals surface area contributed by atoms with Crippen LogP contribution in [-0.4, -0.2) is 26.7 Å². The Kier molecular flexibility index (Phi) is 4.07. The highest BCUT2D eigenvalue weighted by atomic mass is 16.6. The van der Waals surface area contributed by atoms with Crippen molar-refractivity contribution in [2.75, 3.05) is 7.05 Å². The second-order valence-electron chi connectivity index (χ2n) is 2.04. The minimum absolute atomic E-state index is 0.113. The lowest BCUT2D eigenvalue weighted by Gasteiger charge is -1.81. The molecule has 0 amide bonds. The Bertz CT molecular complexity index is 303. The Balaban J connectivity index is 0.000000310. The van der Waals surface area contributed by atoms with Crippen molar-refractivity contribution in [3.63, 3.8) is 0 Å². The zero-order valence-corrected chi connectivity index (χ0v) is 7.08. The normalized spacial score (nSPS) is 8.46. The predicted molar refractivity (Wildman–Crippen MR) is 42.8 cm³/mol. The first kappa shape index (κ1) is 11.0. The van der Waals surface area contributed by atoms with Crippen LogP contribution >= 0.6 is 0 Å². The van der Waals surface area contributed by atoms with Gasteiger partial charge in [0.15, 0.2) is 7.05 Å². The maximum Gasteiger partial charge on any atom is 0.389 e. The topological polar surface area (TPSA) is 104 Å². The van der Waals surface area contributed by atoms with Gasteiger partial charge in [-0.25, -0.2) is 0 Å². The van der Waals surface area contributed by atoms with E-state index < -0.39 is 9.85 Å². The minimum atomic E-state index is -0.528. The highest BCUT2D eigenvalue weighted by molar-refractivity contribution is 5.13. The molecule has 13 heavy (non-hydrogen) atoms. The summed E-state index contributed by atoms with van der Waals surface area (Å²) in [6, 6.07) is 1.35. The summed E-state index contributed by atoms with van der Waals surface area (Å²) in [4.78, 5) is 17.7. The number of nitrogens with zero attached hydrogens (tertiary/aromatic N) is 4. The van der Waals surface area contributed by atoms with Crippen LogP contribution in [0.3, 0.4) is 0 Å². The van der Waals surface area contributed by atoms with Gasteiger partial charge in [0.25, 0.3) is 0 Å². The average Bonchev–Trinajstić information content (AvgIpc) is 2.34. The highest BCUT2D eigenvalue weighted by Crippen LogP contribution is 2.02. The van der Waals surface area contributed by atoms with Crippen LogP contribution in [0.5, 0.6) is 0 Å². The van der Waals surface area contributed by atoms with E-state index in [9.17, 15) is 10.1 Å². The second kappa shape index (κ2) is 4.80. The molecule has 0 N–H and O–H groups in total. The highest BCUT2D eigenvalue weighted by Gasteiger charge is 2.06. The Morgan fingerprint density at radius 2 is 1.92 bits per heavy atom. The van der Waals surface area contributed by atoms with Crippen LogP contribution in [0.2, 0.25) is 0 Å². The third-order valence-electron chi connectivity index (χ3n) is 0.887. The summed E-state index contributed by atoms with van der Waals surface area (Å²) in [6.07, 6.45) is 1.53. The second-order valence-corrected chi connectivity index (χ2v) is 2.04. The van der Waals surface area contributed by atoms with Crippen molar-refractivity contribution in [1.82, 2.24) is 9.78 Å². The van der Waals surface area contributed by atoms with Crippen molar-refractivity contribution in [2.24, 2.45) is 7.05 Å². The van der Waals surface area contributed by atoms with E-state index in [4.69, 9.17) is 10.1 Å². The zero-order valence-electron chi connectivity index (χ0n) is 7.08. The first-order valence-corrected chi connectivity index (χ1v) is 3.15. The number of rotatable bonds is 1. The van der Waals surface area contributed by atoms with Gasteiger partial charge in [-0.15, -0.1) is 0 Å². The lowest BCUT2D eigenvalue weighted by Crippen LogP contribution is -1.91. The van der Waals surface area contributed by atoms with Crippen molar-refractivity contribution in [3.05, 3.63) is 32.5 Å². The number of hydrogen-bond acceptors (Lipinski definition) is 5. The van der Waals surface area contributed by atoms with E-state index in [-0.39, 0.29) is 5.82 Å². The summed E-state index contributed by atoms with van der Waals surface area (Å²) in [7, 11) is 2.52. The summed E-state index contributed by atoms with van der Waals surface area (Å²) in [5.41, 5.74) is 0. The zero-order chi connectivity index (χ0) is 10.4. The molecule has 1 heterocycles. The van der Waals surface area contributed by atoms with E-state index in [0.29, 0.717) is 0 Å². The fourth-order valence-electron chi connectivity index (χ4n) is 0.500. The first-order chi connectivity index (χ1) is 5.93. The Morgan fingerprint density at radius 1 is 1.46 bits per heavy atom. The lowest BCUT2D eigenvalue weighted by atomic mass is 10.7. The van der Waals surface area contributed by atoms with E-state index in [1.165, 1.54) is 16.9 Å². The smallest absolute Gasteiger partial charge is 0.358 e. The van der Waals surface area contributed by atoms with Gasteiger partial charge in [0.2, 0.25) is 0 Å². The van der Waals surface area contributed by atoms with E-state index >= 15 is 0 Å². The van der Waals surface area contributed by atoms with Crippen LogP contribution in [0, 0.1) is 20.2 Å². The van der Waals surface area contributed by atoms with Crippen molar-refractivity contribution < 1.29 is 9.85 Å². The molecule has 0 unspecified atom stereocenters. The van der Waals surface area contributed by atoms with Crippen molar-refractivity contribution >= 4 is 5.82 Å². The quantitative estimate of drug-likeness (QED) is 0.463. The van der Waals surface area contributed by atoms with Gasteiger partial charge in [-0.3, -0.25) is 10.1 Å². The van der Waals surface area contributed by atoms with Gasteiger partial charge in [-0.1, -0.05) is 0 Å². The summed E-state index contributed by atoms with van der Waals surface area (Å²) in [6.45, 7) is 0. The first-order valence-electron chi connectivity index (χ1n) is 3.15. The molecule has 1 rings (SSSR count). The maximum atomic E-state index is 9.94. The van der Waals surface area contributed by atoms with Crippen LogP contribution in [0.15, 0.2) is 12.3 Å². The molecule has 0 saturated carbocycles. The third-order valence-corrected chi connectivity index (χ3v) is 0.887. The molecule has 1 aromatic rings. The molecule has 8 heteroatoms. The fraction of sp³-hybridized carbons (Fsp3) is 0.400. The van der Waals surface area contributed by atoms with Crippen LogP contribution < -0.4 is 0 Å². The molecule has 0 fully saturated rings. The third kappa shape index (κ3) is 5.30. The average molecular weight is 188 g/mol. The SMILES string of the molecule is C[N+](=O)[O-].Cn1ccc([N+](=O)[O-])n1. The van der Waals surface area contributed by atoms with Gasteiger partial charge < -0.3 is 10.1 Å². The van der Waals surface area contributed by atoms with Gasteiger partial charge in [0.05, 0.1) is 24.4 Å². The van der Waals surface area contributed by atoms with E-state index in [0.717, 1.165) is 7.05 Å². The number of aromatic nitrogens is 2. The fourth-order valence-corrected chi connectivity index (χ4v) is 0.500. The standard InChI is InChI=1S/C4H5N3O2.CH3NO2/c1-6-3-2-4(5-6)7(8)9;1-2(3)4/h2-3H,1H3;1H3. The molecular weight excluding hydrogens is 180 g/mol. The molecule has 8 nitrogen and oxygen atoms in total. The molecule has 0 aliphatic heterocycles. The van der Waals surface area contributed by atoms with E-state index in [1.807, 2.05) is 0 Å². The summed E-state index contributed by atoms with van der Waals surface area (Å²) < 4.78 is 1.39. The Labute approximate surface area is 73.1 Å². The largest absolute Gasteiger partial charge is 0.389 e. The Morgan fingerprint density at radius 3 is 2.08 bits per heavy atom. The van der Waals surface area contributed by atoms with Crippen molar-refractivity contribution in [1.29, 1.82) is 0 Å². The van der Waals surface area contributed by atoms with Crippen LogP contribution in [-0.2, 0) is 7.05 Å². The van der Waals surface area contributed by atoms with Crippen LogP contribution in [0.1, 0.15) is 0 Å². The summed E-state index contributed by atoms with van der Waals surface area (Å²) >= 11 is 0. The molecule has 0 aliphatic carbocycles. The monoisotopic (exact) mass is 188 g/mol.